The molecule has 0 heterocycles. The largest absolute Gasteiger partial charge is 0.405 e. The summed E-state index contributed by atoms with van der Waals surface area (Å²) in [7, 11) is -2.23. The highest BCUT2D eigenvalue weighted by atomic mass is 31.2. The van der Waals surface area contributed by atoms with Crippen molar-refractivity contribution in [2.45, 2.75) is 39.5 Å². The lowest BCUT2D eigenvalue weighted by molar-refractivity contribution is 0.232. The van der Waals surface area contributed by atoms with Crippen LogP contribution in [-0.2, 0) is 9.09 Å². The lowest BCUT2D eigenvalue weighted by atomic mass is 10.3. The topological polar surface area (TPSA) is 49.8 Å². The summed E-state index contributed by atoms with van der Waals surface area (Å²) in [5, 5.41) is 0. The van der Waals surface area contributed by atoms with Crippen LogP contribution < -0.4 is 0 Å². The van der Waals surface area contributed by atoms with E-state index < -0.39 is 7.75 Å². The maximum absolute atomic E-state index is 11.6. The van der Waals surface area contributed by atoms with Gasteiger partial charge >= 0.3 is 7.75 Å². The predicted molar refractivity (Wildman–Crippen MR) is 58.2 cm³/mol. The van der Waals surface area contributed by atoms with Gasteiger partial charge in [-0.3, -0.25) is 0 Å². The Balaban J connectivity index is 4.15. The van der Waals surface area contributed by atoms with Gasteiger partial charge in [0.15, 0.2) is 0 Å². The molecule has 0 aliphatic rings. The number of nitrogens with zero attached hydrogens (tertiary/aromatic N) is 1. The summed E-state index contributed by atoms with van der Waals surface area (Å²) in [6.45, 7) is 5.40. The smallest absolute Gasteiger partial charge is 0.312 e. The second kappa shape index (κ2) is 7.41. The molecule has 1 N–H and O–H groups in total. The SMILES string of the molecule is CCCCN(CCCC)P(=O)(O)OC. The van der Waals surface area contributed by atoms with E-state index in [0.29, 0.717) is 13.1 Å². The lowest BCUT2D eigenvalue weighted by Gasteiger charge is -2.24. The second-order valence-electron chi connectivity index (χ2n) is 3.33. The summed E-state index contributed by atoms with van der Waals surface area (Å²) >= 11 is 0. The minimum absolute atomic E-state index is 0.637. The molecular formula is C9H22NO3P. The Morgan fingerprint density at radius 1 is 1.21 bits per heavy atom. The molecule has 0 radical (unpaired) electrons. The van der Waals surface area contributed by atoms with Crippen molar-refractivity contribution < 1.29 is 14.0 Å². The summed E-state index contributed by atoms with van der Waals surface area (Å²) in [6.07, 6.45) is 3.90. The molecule has 0 saturated carbocycles. The van der Waals surface area contributed by atoms with Gasteiger partial charge in [0.25, 0.3) is 0 Å². The van der Waals surface area contributed by atoms with E-state index in [9.17, 15) is 9.46 Å². The van der Waals surface area contributed by atoms with Crippen LogP contribution in [0.15, 0.2) is 0 Å². The van der Waals surface area contributed by atoms with Gasteiger partial charge in [-0.15, -0.1) is 0 Å². The van der Waals surface area contributed by atoms with E-state index in [1.807, 2.05) is 0 Å². The van der Waals surface area contributed by atoms with E-state index in [2.05, 4.69) is 18.4 Å². The molecule has 0 aromatic rings. The summed E-state index contributed by atoms with van der Waals surface area (Å²) in [6, 6.07) is 0. The first-order valence-corrected chi connectivity index (χ1v) is 6.75. The molecule has 0 rings (SSSR count). The van der Waals surface area contributed by atoms with Crippen molar-refractivity contribution in [2.24, 2.45) is 0 Å². The molecule has 0 aromatic carbocycles. The van der Waals surface area contributed by atoms with Crippen LogP contribution in [0.25, 0.3) is 0 Å². The Kier molecular flexibility index (Phi) is 7.47. The van der Waals surface area contributed by atoms with Crippen molar-refractivity contribution >= 4 is 7.75 Å². The normalized spacial score (nSPS) is 15.8. The third-order valence-corrected chi connectivity index (χ3v) is 3.73. The molecule has 86 valence electrons. The zero-order chi connectivity index (χ0) is 11.0. The fourth-order valence-electron chi connectivity index (χ4n) is 1.16. The first-order chi connectivity index (χ1) is 6.58. The predicted octanol–water partition coefficient (Wildman–Crippen LogP) is 2.64. The van der Waals surface area contributed by atoms with Gasteiger partial charge in [0.05, 0.1) is 0 Å². The van der Waals surface area contributed by atoms with Gasteiger partial charge in [-0.05, 0) is 12.8 Å². The Morgan fingerprint density at radius 2 is 1.64 bits per heavy atom. The molecule has 0 fully saturated rings. The number of unbranched alkanes of at least 4 members (excludes halogenated alkanes) is 2. The van der Waals surface area contributed by atoms with Gasteiger partial charge in [0.1, 0.15) is 0 Å². The van der Waals surface area contributed by atoms with Crippen molar-refractivity contribution in [1.82, 2.24) is 4.67 Å². The Hall–Kier alpha value is 0.110. The molecule has 0 aliphatic carbocycles. The van der Waals surface area contributed by atoms with Crippen molar-refractivity contribution in [3.05, 3.63) is 0 Å². The average molecular weight is 223 g/mol. The van der Waals surface area contributed by atoms with Crippen molar-refractivity contribution in [3.8, 4) is 0 Å². The van der Waals surface area contributed by atoms with Gasteiger partial charge in [0, 0.05) is 20.2 Å². The fraction of sp³-hybridized carbons (Fsp3) is 1.00. The van der Waals surface area contributed by atoms with Crippen LogP contribution in [-0.4, -0.2) is 29.8 Å². The maximum Gasteiger partial charge on any atom is 0.405 e. The quantitative estimate of drug-likeness (QED) is 0.643. The van der Waals surface area contributed by atoms with Crippen molar-refractivity contribution in [2.75, 3.05) is 20.2 Å². The highest BCUT2D eigenvalue weighted by molar-refractivity contribution is 7.50. The van der Waals surface area contributed by atoms with E-state index in [1.165, 1.54) is 7.11 Å². The fourth-order valence-corrected chi connectivity index (χ4v) is 2.18. The van der Waals surface area contributed by atoms with Crippen molar-refractivity contribution in [3.63, 3.8) is 0 Å². The number of rotatable bonds is 8. The maximum atomic E-state index is 11.6. The molecule has 0 spiro atoms. The number of hydrogen-bond acceptors (Lipinski definition) is 2. The second-order valence-corrected chi connectivity index (χ2v) is 5.25. The summed E-state index contributed by atoms with van der Waals surface area (Å²) in [5.74, 6) is 0. The van der Waals surface area contributed by atoms with Crippen LogP contribution in [0.2, 0.25) is 0 Å². The van der Waals surface area contributed by atoms with E-state index in [4.69, 9.17) is 0 Å². The molecule has 14 heavy (non-hydrogen) atoms. The molecule has 1 atom stereocenters. The van der Waals surface area contributed by atoms with Crippen LogP contribution in [0.4, 0.5) is 0 Å². The monoisotopic (exact) mass is 223 g/mol. The Bertz CT molecular complexity index is 179. The molecule has 0 saturated heterocycles. The van der Waals surface area contributed by atoms with E-state index in [0.717, 1.165) is 25.7 Å². The molecular weight excluding hydrogens is 201 g/mol. The Labute approximate surface area is 86.8 Å². The molecule has 0 aromatic heterocycles. The van der Waals surface area contributed by atoms with E-state index >= 15 is 0 Å². The average Bonchev–Trinajstić information content (AvgIpc) is 2.17. The van der Waals surface area contributed by atoms with Crippen LogP contribution in [0.3, 0.4) is 0 Å². The molecule has 0 aliphatic heterocycles. The van der Waals surface area contributed by atoms with Gasteiger partial charge < -0.3 is 9.42 Å². The zero-order valence-electron chi connectivity index (χ0n) is 9.40. The van der Waals surface area contributed by atoms with Crippen LogP contribution in [0, 0.1) is 0 Å². The standard InChI is InChI=1S/C9H22NO3P/c1-4-6-8-10(9-7-5-2)14(11,12)13-3/h4-9H2,1-3H3,(H,11,12). The highest BCUT2D eigenvalue weighted by Crippen LogP contribution is 2.45. The summed E-state index contributed by atoms with van der Waals surface area (Å²) in [4.78, 5) is 9.50. The van der Waals surface area contributed by atoms with Gasteiger partial charge in [-0.25, -0.2) is 9.24 Å². The zero-order valence-corrected chi connectivity index (χ0v) is 10.3. The minimum atomic E-state index is -3.51. The first kappa shape index (κ1) is 14.1. The van der Waals surface area contributed by atoms with E-state index in [-0.39, 0.29) is 0 Å². The first-order valence-electron chi connectivity index (χ1n) is 5.22. The molecule has 5 heteroatoms. The van der Waals surface area contributed by atoms with Crippen LogP contribution in [0.1, 0.15) is 39.5 Å². The number of hydrogen-bond donors (Lipinski definition) is 1. The summed E-state index contributed by atoms with van der Waals surface area (Å²) in [5.41, 5.74) is 0. The van der Waals surface area contributed by atoms with Gasteiger partial charge in [0.2, 0.25) is 0 Å². The highest BCUT2D eigenvalue weighted by Gasteiger charge is 2.26. The third-order valence-electron chi connectivity index (χ3n) is 2.13. The van der Waals surface area contributed by atoms with Gasteiger partial charge in [-0.2, -0.15) is 0 Å². The summed E-state index contributed by atoms with van der Waals surface area (Å²) < 4.78 is 17.7. The van der Waals surface area contributed by atoms with Gasteiger partial charge in [-0.1, -0.05) is 26.7 Å². The van der Waals surface area contributed by atoms with Crippen molar-refractivity contribution in [1.29, 1.82) is 0 Å². The Morgan fingerprint density at radius 3 is 1.93 bits per heavy atom. The van der Waals surface area contributed by atoms with E-state index in [1.54, 1.807) is 4.67 Å². The molecule has 4 nitrogen and oxygen atoms in total. The third kappa shape index (κ3) is 5.11. The molecule has 1 unspecified atom stereocenters. The lowest BCUT2D eigenvalue weighted by Crippen LogP contribution is -2.23. The molecule has 0 amide bonds. The van der Waals surface area contributed by atoms with Crippen LogP contribution in [0.5, 0.6) is 0 Å². The van der Waals surface area contributed by atoms with Crippen LogP contribution >= 0.6 is 7.75 Å². The molecule has 0 bridgehead atoms. The minimum Gasteiger partial charge on any atom is -0.312 e.